The third kappa shape index (κ3) is 3.37. The van der Waals surface area contributed by atoms with Crippen molar-refractivity contribution in [3.63, 3.8) is 0 Å². The van der Waals surface area contributed by atoms with Crippen molar-refractivity contribution < 1.29 is 17.6 Å². The molecular weight excluding hydrogens is 403 g/mol. The molecule has 0 bridgehead atoms. The van der Waals surface area contributed by atoms with Gasteiger partial charge in [0, 0.05) is 23.6 Å². The van der Waals surface area contributed by atoms with Crippen LogP contribution in [0.3, 0.4) is 0 Å². The van der Waals surface area contributed by atoms with Crippen LogP contribution in [0.25, 0.3) is 0 Å². The summed E-state index contributed by atoms with van der Waals surface area (Å²) in [6, 6.07) is 8.24. The summed E-state index contributed by atoms with van der Waals surface area (Å²) in [5, 5.41) is -0.0220. The molecule has 2 aromatic carbocycles. The number of amides is 1. The minimum atomic E-state index is -3.92. The number of halogens is 2. The highest BCUT2D eigenvalue weighted by atomic mass is 35.5. The summed E-state index contributed by atoms with van der Waals surface area (Å²) in [6.07, 6.45) is 1.83. The SMILES string of the molecule is CC1(C)CN(C(=O)C2CC2)c2ccc(S(=O)(=O)Nc3ccc(F)cc3Cl)cc21. The normalized spacial score (nSPS) is 18.1. The summed E-state index contributed by atoms with van der Waals surface area (Å²) in [7, 11) is -3.92. The first-order valence-corrected chi connectivity index (χ1v) is 10.9. The number of nitrogens with zero attached hydrogens (tertiary/aromatic N) is 1. The highest BCUT2D eigenvalue weighted by molar-refractivity contribution is 7.92. The molecule has 1 amide bonds. The highest BCUT2D eigenvalue weighted by Gasteiger charge is 2.43. The largest absolute Gasteiger partial charge is 0.311 e. The molecule has 5 nitrogen and oxygen atoms in total. The lowest BCUT2D eigenvalue weighted by molar-refractivity contribution is -0.119. The van der Waals surface area contributed by atoms with Gasteiger partial charge in [-0.15, -0.1) is 0 Å². The molecule has 2 aliphatic rings. The minimum Gasteiger partial charge on any atom is -0.311 e. The molecule has 0 saturated heterocycles. The van der Waals surface area contributed by atoms with Gasteiger partial charge in [-0.1, -0.05) is 25.4 Å². The second-order valence-corrected chi connectivity index (χ2v) is 10.1. The molecule has 0 spiro atoms. The van der Waals surface area contributed by atoms with Crippen molar-refractivity contribution in [1.29, 1.82) is 0 Å². The van der Waals surface area contributed by atoms with E-state index in [1.54, 1.807) is 17.0 Å². The number of hydrogen-bond acceptors (Lipinski definition) is 3. The summed E-state index contributed by atoms with van der Waals surface area (Å²) in [6.45, 7) is 4.51. The van der Waals surface area contributed by atoms with Crippen LogP contribution < -0.4 is 9.62 Å². The van der Waals surface area contributed by atoms with Gasteiger partial charge in [0.05, 0.1) is 15.6 Å². The van der Waals surface area contributed by atoms with Gasteiger partial charge in [-0.05, 0) is 54.8 Å². The summed E-state index contributed by atoms with van der Waals surface area (Å²) >= 11 is 5.94. The van der Waals surface area contributed by atoms with Gasteiger partial charge in [0.15, 0.2) is 0 Å². The van der Waals surface area contributed by atoms with Gasteiger partial charge >= 0.3 is 0 Å². The number of rotatable bonds is 4. The maximum Gasteiger partial charge on any atom is 0.261 e. The average Bonchev–Trinajstić information content (AvgIpc) is 3.42. The van der Waals surface area contributed by atoms with Crippen molar-refractivity contribution in [1.82, 2.24) is 0 Å². The van der Waals surface area contributed by atoms with E-state index >= 15 is 0 Å². The fourth-order valence-electron chi connectivity index (χ4n) is 3.55. The second kappa shape index (κ2) is 6.46. The lowest BCUT2D eigenvalue weighted by Gasteiger charge is -2.20. The maximum atomic E-state index is 13.2. The Morgan fingerprint density at radius 2 is 1.93 bits per heavy atom. The van der Waals surface area contributed by atoms with Crippen LogP contribution in [0.4, 0.5) is 15.8 Å². The van der Waals surface area contributed by atoms with Crippen molar-refractivity contribution in [3.05, 3.63) is 52.8 Å². The van der Waals surface area contributed by atoms with Crippen molar-refractivity contribution in [2.24, 2.45) is 5.92 Å². The molecule has 148 valence electrons. The summed E-state index contributed by atoms with van der Waals surface area (Å²) in [5.74, 6) is -0.348. The third-order valence-electron chi connectivity index (χ3n) is 5.22. The topological polar surface area (TPSA) is 66.5 Å². The maximum absolute atomic E-state index is 13.2. The van der Waals surface area contributed by atoms with Gasteiger partial charge < -0.3 is 4.90 Å². The van der Waals surface area contributed by atoms with Gasteiger partial charge in [-0.25, -0.2) is 12.8 Å². The van der Waals surface area contributed by atoms with Gasteiger partial charge in [0.25, 0.3) is 10.0 Å². The number of benzene rings is 2. The molecule has 0 aromatic heterocycles. The fourth-order valence-corrected chi connectivity index (χ4v) is 4.92. The van der Waals surface area contributed by atoms with E-state index in [0.717, 1.165) is 36.2 Å². The molecule has 28 heavy (non-hydrogen) atoms. The van der Waals surface area contributed by atoms with Gasteiger partial charge in [0.2, 0.25) is 5.91 Å². The van der Waals surface area contributed by atoms with Crippen molar-refractivity contribution >= 4 is 38.9 Å². The molecule has 1 saturated carbocycles. The van der Waals surface area contributed by atoms with E-state index in [2.05, 4.69) is 4.72 Å². The third-order valence-corrected chi connectivity index (χ3v) is 6.90. The first-order chi connectivity index (χ1) is 13.1. The van der Waals surface area contributed by atoms with Crippen LogP contribution in [0, 0.1) is 11.7 Å². The van der Waals surface area contributed by atoms with Gasteiger partial charge in [-0.2, -0.15) is 0 Å². The second-order valence-electron chi connectivity index (χ2n) is 7.99. The Balaban J connectivity index is 1.69. The lowest BCUT2D eigenvalue weighted by Crippen LogP contribution is -2.34. The monoisotopic (exact) mass is 422 g/mol. The molecule has 1 N–H and O–H groups in total. The molecule has 1 fully saturated rings. The minimum absolute atomic E-state index is 0.0220. The zero-order valence-corrected chi connectivity index (χ0v) is 17.1. The molecule has 1 aliphatic carbocycles. The van der Waals surface area contributed by atoms with Gasteiger partial charge in [-0.3, -0.25) is 9.52 Å². The highest BCUT2D eigenvalue weighted by Crippen LogP contribution is 2.44. The van der Waals surface area contributed by atoms with E-state index in [4.69, 9.17) is 11.6 Å². The van der Waals surface area contributed by atoms with E-state index in [1.165, 1.54) is 12.1 Å². The predicted molar refractivity (Wildman–Crippen MR) is 107 cm³/mol. The standard InChI is InChI=1S/C20H20ClFN2O3S/c1-20(2)11-24(19(25)12-3-4-12)18-8-6-14(10-15(18)20)28(26,27)23-17-7-5-13(22)9-16(17)21/h5-10,12,23H,3-4,11H2,1-2H3. The van der Waals surface area contributed by atoms with Crippen LogP contribution in [0.5, 0.6) is 0 Å². The smallest absolute Gasteiger partial charge is 0.261 e. The van der Waals surface area contributed by atoms with E-state index in [0.29, 0.717) is 6.54 Å². The molecule has 0 radical (unpaired) electrons. The Morgan fingerprint density at radius 1 is 1.21 bits per heavy atom. The Hall–Kier alpha value is -2.12. The molecule has 0 unspecified atom stereocenters. The quantitative estimate of drug-likeness (QED) is 0.798. The Morgan fingerprint density at radius 3 is 2.57 bits per heavy atom. The van der Waals surface area contributed by atoms with E-state index < -0.39 is 15.8 Å². The zero-order valence-electron chi connectivity index (χ0n) is 15.5. The molecular formula is C20H20ClFN2O3S. The number of fused-ring (bicyclic) bond motifs is 1. The predicted octanol–water partition coefficient (Wildman–Crippen LogP) is 4.31. The van der Waals surface area contributed by atoms with Crippen LogP contribution in [0.1, 0.15) is 32.3 Å². The Bertz CT molecular complexity index is 1080. The number of carbonyl (C=O) groups is 1. The number of anilines is 2. The van der Waals surface area contributed by atoms with E-state index in [1.807, 2.05) is 13.8 Å². The molecule has 8 heteroatoms. The molecule has 0 atom stereocenters. The van der Waals surface area contributed by atoms with Crippen LogP contribution in [0.15, 0.2) is 41.3 Å². The molecule has 4 rings (SSSR count). The van der Waals surface area contributed by atoms with Crippen molar-refractivity contribution in [2.45, 2.75) is 37.0 Å². The summed E-state index contributed by atoms with van der Waals surface area (Å²) < 4.78 is 41.3. The zero-order chi connectivity index (χ0) is 20.3. The summed E-state index contributed by atoms with van der Waals surface area (Å²) in [5.41, 5.74) is 1.32. The molecule has 1 heterocycles. The number of sulfonamides is 1. The van der Waals surface area contributed by atoms with Crippen molar-refractivity contribution in [2.75, 3.05) is 16.2 Å². The first-order valence-electron chi connectivity index (χ1n) is 9.02. The Kier molecular flexibility index (Phi) is 4.43. The average molecular weight is 423 g/mol. The van der Waals surface area contributed by atoms with Crippen LogP contribution in [0.2, 0.25) is 5.02 Å². The Labute approximate surface area is 168 Å². The first kappa shape index (κ1) is 19.2. The molecule has 2 aromatic rings. The van der Waals surface area contributed by atoms with Gasteiger partial charge in [0.1, 0.15) is 5.82 Å². The fraction of sp³-hybridized carbons (Fsp3) is 0.350. The van der Waals surface area contributed by atoms with E-state index in [9.17, 15) is 17.6 Å². The van der Waals surface area contributed by atoms with Crippen LogP contribution >= 0.6 is 11.6 Å². The number of hydrogen-bond donors (Lipinski definition) is 1. The lowest BCUT2D eigenvalue weighted by atomic mass is 9.87. The number of nitrogens with one attached hydrogen (secondary N) is 1. The number of carbonyl (C=O) groups excluding carboxylic acids is 1. The summed E-state index contributed by atoms with van der Waals surface area (Å²) in [4.78, 5) is 14.4. The van der Waals surface area contributed by atoms with E-state index in [-0.39, 0.29) is 32.8 Å². The van der Waals surface area contributed by atoms with Crippen molar-refractivity contribution in [3.8, 4) is 0 Å². The van der Waals surface area contributed by atoms with Crippen LogP contribution in [-0.4, -0.2) is 20.9 Å². The molecule has 1 aliphatic heterocycles. The van der Waals surface area contributed by atoms with Crippen LogP contribution in [-0.2, 0) is 20.2 Å².